The van der Waals surface area contributed by atoms with Crippen molar-refractivity contribution in [2.75, 3.05) is 13.1 Å². The van der Waals surface area contributed by atoms with E-state index < -0.39 is 0 Å². The standard InChI is InChI=1S/C20H26N2O/c1-16(2)15-22-14-7-6-12-19(22)18-11-8-13-21-20(18)23-17-9-4-3-5-10-17/h3-5,8-11,13,16,19H,6-7,12,14-15H2,1-2H3/t19-/m1/s1. The average Bonchev–Trinajstić information content (AvgIpc) is 2.56. The van der Waals surface area contributed by atoms with Crippen molar-refractivity contribution in [1.29, 1.82) is 0 Å². The topological polar surface area (TPSA) is 25.4 Å². The number of hydrogen-bond donors (Lipinski definition) is 0. The third-order valence-corrected chi connectivity index (χ3v) is 4.33. The first kappa shape index (κ1) is 16.0. The van der Waals surface area contributed by atoms with Crippen molar-refractivity contribution >= 4 is 0 Å². The Morgan fingerprint density at radius 1 is 1.13 bits per heavy atom. The van der Waals surface area contributed by atoms with Crippen LogP contribution in [0.5, 0.6) is 11.6 Å². The van der Waals surface area contributed by atoms with Gasteiger partial charge in [0.15, 0.2) is 0 Å². The highest BCUT2D eigenvalue weighted by molar-refractivity contribution is 5.34. The smallest absolute Gasteiger partial charge is 0.223 e. The average molecular weight is 310 g/mol. The SMILES string of the molecule is CC(C)CN1CCCC[C@@H]1c1cccnc1Oc1ccccc1. The van der Waals surface area contributed by atoms with Crippen molar-refractivity contribution in [2.45, 2.75) is 39.2 Å². The van der Waals surface area contributed by atoms with Gasteiger partial charge in [0.2, 0.25) is 5.88 Å². The van der Waals surface area contributed by atoms with Crippen LogP contribution in [0.25, 0.3) is 0 Å². The van der Waals surface area contributed by atoms with E-state index >= 15 is 0 Å². The van der Waals surface area contributed by atoms with E-state index in [4.69, 9.17) is 4.74 Å². The third kappa shape index (κ3) is 4.11. The van der Waals surface area contributed by atoms with Crippen LogP contribution in [0.2, 0.25) is 0 Å². The molecule has 0 unspecified atom stereocenters. The van der Waals surface area contributed by atoms with E-state index in [1.54, 1.807) is 0 Å². The Morgan fingerprint density at radius 2 is 1.96 bits per heavy atom. The summed E-state index contributed by atoms with van der Waals surface area (Å²) in [7, 11) is 0. The maximum atomic E-state index is 6.08. The fourth-order valence-electron chi connectivity index (χ4n) is 3.37. The van der Waals surface area contributed by atoms with Crippen LogP contribution in [0.15, 0.2) is 48.7 Å². The van der Waals surface area contributed by atoms with Crippen molar-refractivity contribution < 1.29 is 4.74 Å². The van der Waals surface area contributed by atoms with Crippen molar-refractivity contribution in [3.05, 3.63) is 54.2 Å². The van der Waals surface area contributed by atoms with Crippen molar-refractivity contribution in [2.24, 2.45) is 5.92 Å². The molecule has 1 aliphatic heterocycles. The molecule has 3 heteroatoms. The molecule has 0 spiro atoms. The zero-order valence-electron chi connectivity index (χ0n) is 14.1. The molecule has 2 aromatic rings. The van der Waals surface area contributed by atoms with Gasteiger partial charge in [0.25, 0.3) is 0 Å². The minimum atomic E-state index is 0.415. The normalized spacial score (nSPS) is 19.0. The first-order chi connectivity index (χ1) is 11.2. The summed E-state index contributed by atoms with van der Waals surface area (Å²) < 4.78 is 6.08. The number of aromatic nitrogens is 1. The Balaban J connectivity index is 1.86. The number of hydrogen-bond acceptors (Lipinski definition) is 3. The molecule has 3 nitrogen and oxygen atoms in total. The minimum Gasteiger partial charge on any atom is -0.439 e. The lowest BCUT2D eigenvalue weighted by Gasteiger charge is -2.37. The molecule has 23 heavy (non-hydrogen) atoms. The second kappa shape index (κ2) is 7.60. The lowest BCUT2D eigenvalue weighted by atomic mass is 9.95. The van der Waals surface area contributed by atoms with E-state index in [0.717, 1.165) is 18.2 Å². The number of pyridine rings is 1. The first-order valence-electron chi connectivity index (χ1n) is 8.66. The molecular weight excluding hydrogens is 284 g/mol. The fraction of sp³-hybridized carbons (Fsp3) is 0.450. The van der Waals surface area contributed by atoms with Crippen molar-refractivity contribution in [3.8, 4) is 11.6 Å². The van der Waals surface area contributed by atoms with Crippen LogP contribution in [0, 0.1) is 5.92 Å². The molecule has 0 saturated carbocycles. The molecule has 0 radical (unpaired) electrons. The van der Waals surface area contributed by atoms with Gasteiger partial charge in [-0.3, -0.25) is 4.90 Å². The summed E-state index contributed by atoms with van der Waals surface area (Å²) in [5, 5.41) is 0. The Kier molecular flexibility index (Phi) is 5.29. The maximum absolute atomic E-state index is 6.08. The molecule has 0 bridgehead atoms. The van der Waals surface area contributed by atoms with Crippen LogP contribution in [-0.2, 0) is 0 Å². The lowest BCUT2D eigenvalue weighted by molar-refractivity contribution is 0.130. The van der Waals surface area contributed by atoms with Gasteiger partial charge < -0.3 is 4.74 Å². The van der Waals surface area contributed by atoms with Gasteiger partial charge in [-0.25, -0.2) is 4.98 Å². The monoisotopic (exact) mass is 310 g/mol. The molecule has 1 aromatic carbocycles. The van der Waals surface area contributed by atoms with Crippen LogP contribution in [0.4, 0.5) is 0 Å². The van der Waals surface area contributed by atoms with E-state index in [9.17, 15) is 0 Å². The zero-order chi connectivity index (χ0) is 16.1. The first-order valence-corrected chi connectivity index (χ1v) is 8.66. The number of likely N-dealkylation sites (tertiary alicyclic amines) is 1. The molecule has 1 fully saturated rings. The number of piperidine rings is 1. The number of ether oxygens (including phenoxy) is 1. The van der Waals surface area contributed by atoms with Crippen LogP contribution >= 0.6 is 0 Å². The van der Waals surface area contributed by atoms with Gasteiger partial charge >= 0.3 is 0 Å². The van der Waals surface area contributed by atoms with E-state index in [1.165, 1.54) is 31.4 Å². The molecule has 0 N–H and O–H groups in total. The summed E-state index contributed by atoms with van der Waals surface area (Å²) in [6, 6.07) is 14.5. The summed E-state index contributed by atoms with van der Waals surface area (Å²) in [6.07, 6.45) is 5.57. The number of benzene rings is 1. The van der Waals surface area contributed by atoms with Crippen molar-refractivity contribution in [1.82, 2.24) is 9.88 Å². The van der Waals surface area contributed by atoms with Crippen LogP contribution in [0.1, 0.15) is 44.7 Å². The maximum Gasteiger partial charge on any atom is 0.223 e. The molecular formula is C20H26N2O. The summed E-state index contributed by atoms with van der Waals surface area (Å²) in [4.78, 5) is 7.11. The van der Waals surface area contributed by atoms with Crippen LogP contribution in [-0.4, -0.2) is 23.0 Å². The number of rotatable bonds is 5. The van der Waals surface area contributed by atoms with Gasteiger partial charge in [-0.15, -0.1) is 0 Å². The molecule has 2 heterocycles. The molecule has 0 amide bonds. The molecule has 122 valence electrons. The predicted octanol–water partition coefficient (Wildman–Crippen LogP) is 5.06. The second-order valence-corrected chi connectivity index (χ2v) is 6.71. The highest BCUT2D eigenvalue weighted by Gasteiger charge is 2.27. The van der Waals surface area contributed by atoms with Gasteiger partial charge in [-0.2, -0.15) is 0 Å². The Hall–Kier alpha value is -1.87. The summed E-state index contributed by atoms with van der Waals surface area (Å²) >= 11 is 0. The van der Waals surface area contributed by atoms with E-state index in [-0.39, 0.29) is 0 Å². The predicted molar refractivity (Wildman–Crippen MR) is 93.8 cm³/mol. The van der Waals surface area contributed by atoms with E-state index in [0.29, 0.717) is 12.0 Å². The summed E-state index contributed by atoms with van der Waals surface area (Å²) in [6.45, 7) is 6.87. The third-order valence-electron chi connectivity index (χ3n) is 4.33. The van der Waals surface area contributed by atoms with Gasteiger partial charge in [-0.05, 0) is 43.5 Å². The molecule has 1 aromatic heterocycles. The Morgan fingerprint density at radius 3 is 2.74 bits per heavy atom. The minimum absolute atomic E-state index is 0.415. The highest BCUT2D eigenvalue weighted by atomic mass is 16.5. The molecule has 1 saturated heterocycles. The number of para-hydroxylation sites is 1. The zero-order valence-corrected chi connectivity index (χ0v) is 14.1. The molecule has 1 atom stereocenters. The molecule has 3 rings (SSSR count). The lowest BCUT2D eigenvalue weighted by Crippen LogP contribution is -2.36. The van der Waals surface area contributed by atoms with Crippen molar-refractivity contribution in [3.63, 3.8) is 0 Å². The van der Waals surface area contributed by atoms with Gasteiger partial charge in [-0.1, -0.05) is 44.5 Å². The quantitative estimate of drug-likeness (QED) is 0.772. The fourth-order valence-corrected chi connectivity index (χ4v) is 3.37. The van der Waals surface area contributed by atoms with Crippen LogP contribution in [0.3, 0.4) is 0 Å². The van der Waals surface area contributed by atoms with E-state index in [1.807, 2.05) is 42.6 Å². The summed E-state index contributed by atoms with van der Waals surface area (Å²) in [5.41, 5.74) is 1.22. The number of nitrogens with zero attached hydrogens (tertiary/aromatic N) is 2. The summed E-state index contributed by atoms with van der Waals surface area (Å²) in [5.74, 6) is 2.27. The second-order valence-electron chi connectivity index (χ2n) is 6.71. The van der Waals surface area contributed by atoms with Gasteiger partial charge in [0.1, 0.15) is 5.75 Å². The molecule has 0 aliphatic carbocycles. The van der Waals surface area contributed by atoms with Crippen LogP contribution < -0.4 is 4.74 Å². The Labute approximate surface area is 139 Å². The molecule has 1 aliphatic rings. The Bertz CT molecular complexity index is 612. The van der Waals surface area contributed by atoms with Gasteiger partial charge in [0, 0.05) is 24.3 Å². The largest absolute Gasteiger partial charge is 0.439 e. The highest BCUT2D eigenvalue weighted by Crippen LogP contribution is 2.36. The van der Waals surface area contributed by atoms with E-state index in [2.05, 4.69) is 29.8 Å². The van der Waals surface area contributed by atoms with Gasteiger partial charge in [0.05, 0.1) is 0 Å².